The molecule has 0 spiro atoms. The molecule has 1 aliphatic heterocycles. The number of rotatable bonds is 4. The molecule has 0 aliphatic carbocycles. The van der Waals surface area contributed by atoms with Crippen LogP contribution in [0.4, 0.5) is 0 Å². The van der Waals surface area contributed by atoms with E-state index < -0.39 is 0 Å². The number of halogens is 1. The fourth-order valence-electron chi connectivity index (χ4n) is 2.75. The minimum atomic E-state index is 0.0284. The number of aromatic nitrogens is 2. The van der Waals surface area contributed by atoms with Crippen molar-refractivity contribution in [2.45, 2.75) is 19.8 Å². The van der Waals surface area contributed by atoms with Crippen molar-refractivity contribution in [2.24, 2.45) is 0 Å². The van der Waals surface area contributed by atoms with Crippen LogP contribution in [-0.4, -0.2) is 57.9 Å². The highest BCUT2D eigenvalue weighted by atomic mass is 35.5. The number of nitrogens with zero attached hydrogens (tertiary/aromatic N) is 4. The monoisotopic (exact) mass is 362 g/mol. The average molecular weight is 363 g/mol. The molecule has 0 unspecified atom stereocenters. The van der Waals surface area contributed by atoms with E-state index in [1.54, 1.807) is 22.8 Å². The van der Waals surface area contributed by atoms with Crippen LogP contribution in [-0.2, 0) is 16.0 Å². The Hall–Kier alpha value is -2.41. The van der Waals surface area contributed by atoms with Crippen LogP contribution in [0.25, 0.3) is 11.4 Å². The van der Waals surface area contributed by atoms with Crippen LogP contribution in [0.1, 0.15) is 19.2 Å². The summed E-state index contributed by atoms with van der Waals surface area (Å²) in [6.45, 7) is 3.83. The molecule has 1 fully saturated rings. The summed E-state index contributed by atoms with van der Waals surface area (Å²) in [6, 6.07) is 7.26. The molecular formula is C17H19ClN4O3. The van der Waals surface area contributed by atoms with Crippen molar-refractivity contribution in [3.8, 4) is 11.4 Å². The average Bonchev–Trinajstić information content (AvgIpc) is 3.09. The summed E-state index contributed by atoms with van der Waals surface area (Å²) in [6.07, 6.45) is 0.674. The van der Waals surface area contributed by atoms with Crippen molar-refractivity contribution < 1.29 is 14.1 Å². The molecule has 1 aromatic heterocycles. The minimum Gasteiger partial charge on any atom is -0.339 e. The zero-order valence-electron chi connectivity index (χ0n) is 13.9. The van der Waals surface area contributed by atoms with Gasteiger partial charge < -0.3 is 14.3 Å². The Balaban J connectivity index is 1.53. The second-order valence-corrected chi connectivity index (χ2v) is 6.29. The summed E-state index contributed by atoms with van der Waals surface area (Å²) in [5, 5.41) is 4.48. The second kappa shape index (κ2) is 7.65. The van der Waals surface area contributed by atoms with Crippen molar-refractivity contribution in [1.29, 1.82) is 0 Å². The first-order valence-electron chi connectivity index (χ1n) is 8.15. The highest BCUT2D eigenvalue weighted by Crippen LogP contribution is 2.25. The van der Waals surface area contributed by atoms with Gasteiger partial charge in [-0.15, -0.1) is 0 Å². The third-order valence-electron chi connectivity index (χ3n) is 4.21. The maximum Gasteiger partial charge on any atom is 0.227 e. The molecule has 7 nitrogen and oxygen atoms in total. The van der Waals surface area contributed by atoms with Gasteiger partial charge in [-0.2, -0.15) is 4.98 Å². The van der Waals surface area contributed by atoms with Crippen molar-refractivity contribution in [1.82, 2.24) is 19.9 Å². The van der Waals surface area contributed by atoms with Crippen LogP contribution in [0.3, 0.4) is 0 Å². The van der Waals surface area contributed by atoms with Gasteiger partial charge in [0.25, 0.3) is 0 Å². The fraction of sp³-hybridized carbons (Fsp3) is 0.412. The minimum absolute atomic E-state index is 0.0284. The quantitative estimate of drug-likeness (QED) is 0.831. The van der Waals surface area contributed by atoms with E-state index in [9.17, 15) is 9.59 Å². The van der Waals surface area contributed by atoms with Crippen LogP contribution >= 0.6 is 11.6 Å². The van der Waals surface area contributed by atoms with Crippen molar-refractivity contribution in [3.63, 3.8) is 0 Å². The van der Waals surface area contributed by atoms with Crippen LogP contribution in [0.5, 0.6) is 0 Å². The molecule has 0 N–H and O–H groups in total. The van der Waals surface area contributed by atoms with Gasteiger partial charge in [0.1, 0.15) is 0 Å². The second-order valence-electron chi connectivity index (χ2n) is 5.88. The Labute approximate surface area is 150 Å². The number of hydrogen-bond donors (Lipinski definition) is 0. The van der Waals surface area contributed by atoms with Crippen molar-refractivity contribution in [3.05, 3.63) is 35.2 Å². The van der Waals surface area contributed by atoms with Crippen molar-refractivity contribution >= 4 is 23.4 Å². The van der Waals surface area contributed by atoms with Gasteiger partial charge in [0.2, 0.25) is 23.5 Å². The lowest BCUT2D eigenvalue weighted by atomic mass is 10.2. The molecule has 3 rings (SSSR count). The van der Waals surface area contributed by atoms with Crippen LogP contribution in [0.2, 0.25) is 5.02 Å². The molecule has 1 saturated heterocycles. The van der Waals surface area contributed by atoms with Gasteiger partial charge in [-0.1, -0.05) is 28.9 Å². The maximum atomic E-state index is 12.3. The molecule has 1 aromatic carbocycles. The molecule has 1 aliphatic rings. The first-order chi connectivity index (χ1) is 12.0. The number of piperazine rings is 1. The lowest BCUT2D eigenvalue weighted by molar-refractivity contribution is -0.138. The molecule has 8 heteroatoms. The summed E-state index contributed by atoms with van der Waals surface area (Å²) in [4.78, 5) is 31.4. The summed E-state index contributed by atoms with van der Waals surface area (Å²) < 4.78 is 5.22. The van der Waals surface area contributed by atoms with E-state index in [-0.39, 0.29) is 11.8 Å². The van der Waals surface area contributed by atoms with E-state index in [0.29, 0.717) is 61.3 Å². The molecule has 25 heavy (non-hydrogen) atoms. The molecule has 0 saturated carbocycles. The Morgan fingerprint density at radius 3 is 2.52 bits per heavy atom. The molecular weight excluding hydrogens is 344 g/mol. The topological polar surface area (TPSA) is 79.5 Å². The van der Waals surface area contributed by atoms with Gasteiger partial charge in [-0.25, -0.2) is 0 Å². The zero-order chi connectivity index (χ0) is 17.8. The number of amides is 2. The van der Waals surface area contributed by atoms with E-state index in [2.05, 4.69) is 10.1 Å². The van der Waals surface area contributed by atoms with Gasteiger partial charge in [-0.05, 0) is 12.1 Å². The molecule has 0 atom stereocenters. The molecule has 2 heterocycles. The van der Waals surface area contributed by atoms with E-state index in [4.69, 9.17) is 16.1 Å². The molecule has 2 aromatic rings. The molecule has 0 radical (unpaired) electrons. The number of hydrogen-bond acceptors (Lipinski definition) is 5. The summed E-state index contributed by atoms with van der Waals surface area (Å²) in [5.41, 5.74) is 0.700. The third kappa shape index (κ3) is 4.17. The largest absolute Gasteiger partial charge is 0.339 e. The zero-order valence-corrected chi connectivity index (χ0v) is 14.7. The third-order valence-corrected chi connectivity index (χ3v) is 4.54. The fourth-order valence-corrected chi connectivity index (χ4v) is 2.97. The Kier molecular flexibility index (Phi) is 5.33. The Morgan fingerprint density at radius 1 is 1.16 bits per heavy atom. The summed E-state index contributed by atoms with van der Waals surface area (Å²) in [5.74, 6) is 0.902. The van der Waals surface area contributed by atoms with E-state index in [1.165, 1.54) is 0 Å². The standard InChI is InChI=1S/C17H19ClN4O3/c1-12(23)21-8-10-22(11-9-21)16(24)7-6-15-19-17(20-25-15)13-4-2-3-5-14(13)18/h2-5H,6-11H2,1H3. The summed E-state index contributed by atoms with van der Waals surface area (Å²) in [7, 11) is 0. The highest BCUT2D eigenvalue weighted by molar-refractivity contribution is 6.33. The molecule has 132 valence electrons. The SMILES string of the molecule is CC(=O)N1CCN(C(=O)CCc2nc(-c3ccccc3Cl)no2)CC1. The van der Waals surface area contributed by atoms with Gasteiger partial charge >= 0.3 is 0 Å². The number of carbonyl (C=O) groups is 2. The number of carbonyl (C=O) groups excluding carboxylic acids is 2. The lowest BCUT2D eigenvalue weighted by Crippen LogP contribution is -2.50. The normalized spacial score (nSPS) is 14.6. The van der Waals surface area contributed by atoms with E-state index in [1.807, 2.05) is 18.2 Å². The Bertz CT molecular complexity index is 769. The van der Waals surface area contributed by atoms with Gasteiger partial charge in [0.05, 0.1) is 5.02 Å². The predicted molar refractivity (Wildman–Crippen MR) is 91.9 cm³/mol. The number of aryl methyl sites for hydroxylation is 1. The highest BCUT2D eigenvalue weighted by Gasteiger charge is 2.22. The summed E-state index contributed by atoms with van der Waals surface area (Å²) >= 11 is 6.12. The van der Waals surface area contributed by atoms with Gasteiger partial charge in [0, 0.05) is 51.5 Å². The Morgan fingerprint density at radius 2 is 1.84 bits per heavy atom. The maximum absolute atomic E-state index is 12.3. The number of benzene rings is 1. The van der Waals surface area contributed by atoms with Crippen LogP contribution in [0, 0.1) is 0 Å². The molecule has 0 bridgehead atoms. The first-order valence-corrected chi connectivity index (χ1v) is 8.53. The van der Waals surface area contributed by atoms with Crippen LogP contribution < -0.4 is 0 Å². The first kappa shape index (κ1) is 17.4. The van der Waals surface area contributed by atoms with Crippen molar-refractivity contribution in [2.75, 3.05) is 26.2 Å². The predicted octanol–water partition coefficient (Wildman–Crippen LogP) is 2.01. The lowest BCUT2D eigenvalue weighted by Gasteiger charge is -2.34. The van der Waals surface area contributed by atoms with E-state index in [0.717, 1.165) is 0 Å². The van der Waals surface area contributed by atoms with Gasteiger partial charge in [0.15, 0.2) is 0 Å². The smallest absolute Gasteiger partial charge is 0.227 e. The molecule has 2 amide bonds. The van der Waals surface area contributed by atoms with Gasteiger partial charge in [-0.3, -0.25) is 9.59 Å². The van der Waals surface area contributed by atoms with E-state index >= 15 is 0 Å². The van der Waals surface area contributed by atoms with Crippen LogP contribution in [0.15, 0.2) is 28.8 Å².